The number of imidazole rings is 1. The van der Waals surface area contributed by atoms with Crippen molar-refractivity contribution in [1.82, 2.24) is 19.5 Å². The van der Waals surface area contributed by atoms with Crippen LogP contribution in [-0.2, 0) is 20.4 Å². The third-order valence-electron chi connectivity index (χ3n) is 5.61. The molecule has 0 amide bonds. The molecule has 0 saturated carbocycles. The molecule has 2 unspecified atom stereocenters. The summed E-state index contributed by atoms with van der Waals surface area (Å²) in [6.07, 6.45) is -3.76. The van der Waals surface area contributed by atoms with Gasteiger partial charge in [0.25, 0.3) is 0 Å². The summed E-state index contributed by atoms with van der Waals surface area (Å²) in [7, 11) is 0. The largest absolute Gasteiger partial charge is 0.416 e. The first kappa shape index (κ1) is 19.2. The van der Waals surface area contributed by atoms with Crippen molar-refractivity contribution < 1.29 is 27.4 Å². The fraction of sp³-hybridized carbons (Fsp3) is 0.421. The molecule has 0 aliphatic carbocycles. The van der Waals surface area contributed by atoms with Crippen molar-refractivity contribution in [3.05, 3.63) is 48.0 Å². The average molecular weight is 421 g/mol. The van der Waals surface area contributed by atoms with Gasteiger partial charge in [-0.2, -0.15) is 13.2 Å². The minimum absolute atomic E-state index is 0.248. The summed E-state index contributed by atoms with van der Waals surface area (Å²) in [5, 5.41) is 0. The van der Waals surface area contributed by atoms with E-state index in [1.807, 2.05) is 13.8 Å². The van der Waals surface area contributed by atoms with Gasteiger partial charge in [-0.1, -0.05) is 12.1 Å². The predicted molar refractivity (Wildman–Crippen MR) is 97.9 cm³/mol. The Balaban J connectivity index is 1.47. The lowest BCUT2D eigenvalue weighted by Crippen LogP contribution is -2.40. The number of aromatic nitrogens is 4. The van der Waals surface area contributed by atoms with Gasteiger partial charge in [0.1, 0.15) is 23.5 Å². The van der Waals surface area contributed by atoms with E-state index >= 15 is 0 Å². The smallest absolute Gasteiger partial charge is 0.382 e. The van der Waals surface area contributed by atoms with E-state index in [0.29, 0.717) is 16.7 Å². The second kappa shape index (κ2) is 6.37. The Kier molecular flexibility index (Phi) is 4.08. The second-order valence-corrected chi connectivity index (χ2v) is 7.59. The number of ether oxygens (including phenoxy) is 3. The monoisotopic (exact) mass is 421 g/mol. The van der Waals surface area contributed by atoms with Crippen molar-refractivity contribution in [3.8, 4) is 0 Å². The summed E-state index contributed by atoms with van der Waals surface area (Å²) in [5.74, 6) is 0.248. The first-order chi connectivity index (χ1) is 14.2. The Hall–Kier alpha value is -2.76. The third-order valence-corrected chi connectivity index (χ3v) is 5.61. The maximum Gasteiger partial charge on any atom is 0.416 e. The number of alkyl halides is 3. The maximum absolute atomic E-state index is 12.9. The number of hydrogen-bond donors (Lipinski definition) is 1. The van der Waals surface area contributed by atoms with Gasteiger partial charge in [-0.15, -0.1) is 0 Å². The molecule has 1 aromatic carbocycles. The zero-order valence-corrected chi connectivity index (χ0v) is 16.0. The molecule has 2 aliphatic heterocycles. The molecule has 5 atom stereocenters. The van der Waals surface area contributed by atoms with Crippen LogP contribution in [0.4, 0.5) is 19.0 Å². The molecule has 2 aliphatic rings. The van der Waals surface area contributed by atoms with E-state index in [1.54, 1.807) is 10.9 Å². The molecule has 0 radical (unpaired) electrons. The van der Waals surface area contributed by atoms with E-state index in [2.05, 4.69) is 15.0 Å². The van der Waals surface area contributed by atoms with Gasteiger partial charge in [0.05, 0.1) is 18.0 Å². The number of fused-ring (bicyclic) bond motifs is 2. The van der Waals surface area contributed by atoms with Crippen LogP contribution in [0.3, 0.4) is 0 Å². The van der Waals surface area contributed by atoms with Gasteiger partial charge in [0.2, 0.25) is 0 Å². The first-order valence-electron chi connectivity index (χ1n) is 9.27. The van der Waals surface area contributed by atoms with Crippen LogP contribution in [0.15, 0.2) is 36.9 Å². The lowest BCUT2D eigenvalue weighted by Gasteiger charge is -2.28. The van der Waals surface area contributed by atoms with E-state index in [9.17, 15) is 13.2 Å². The molecular weight excluding hydrogens is 403 g/mol. The number of rotatable bonds is 2. The van der Waals surface area contributed by atoms with Crippen molar-refractivity contribution >= 4 is 17.0 Å². The number of nitrogens with two attached hydrogens (primary N) is 1. The minimum Gasteiger partial charge on any atom is -0.382 e. The molecule has 5 rings (SSSR count). The van der Waals surface area contributed by atoms with Crippen LogP contribution >= 0.6 is 0 Å². The topological polar surface area (TPSA) is 97.3 Å². The molecule has 2 N–H and O–H groups in total. The van der Waals surface area contributed by atoms with Gasteiger partial charge in [-0.25, -0.2) is 15.0 Å². The summed E-state index contributed by atoms with van der Waals surface area (Å²) < 4.78 is 58.6. The fourth-order valence-electron chi connectivity index (χ4n) is 4.14. The summed E-state index contributed by atoms with van der Waals surface area (Å²) in [5.41, 5.74) is 5.64. The van der Waals surface area contributed by atoms with Crippen LogP contribution in [0.2, 0.25) is 0 Å². The Labute approximate surface area is 168 Å². The quantitative estimate of drug-likeness (QED) is 0.679. The fourth-order valence-corrected chi connectivity index (χ4v) is 4.14. The van der Waals surface area contributed by atoms with E-state index < -0.39 is 36.0 Å². The summed E-state index contributed by atoms with van der Waals surface area (Å²) in [6.45, 7) is 3.69. The van der Waals surface area contributed by atoms with Gasteiger partial charge in [-0.3, -0.25) is 4.57 Å². The molecule has 158 valence electrons. The minimum atomic E-state index is -4.40. The molecular formula is C19H18F3N5O3. The molecule has 11 heteroatoms. The average Bonchev–Trinajstić information content (AvgIpc) is 3.34. The van der Waals surface area contributed by atoms with Crippen LogP contribution in [0, 0.1) is 0 Å². The van der Waals surface area contributed by atoms with Gasteiger partial charge in [0.15, 0.2) is 24.0 Å². The summed E-state index contributed by atoms with van der Waals surface area (Å²) in [6, 6.07) is 4.75. The third kappa shape index (κ3) is 2.76. The highest BCUT2D eigenvalue weighted by molar-refractivity contribution is 5.81. The number of halogens is 3. The van der Waals surface area contributed by atoms with Crippen molar-refractivity contribution in [2.24, 2.45) is 0 Å². The highest BCUT2D eigenvalue weighted by Gasteiger charge is 2.61. The van der Waals surface area contributed by atoms with Crippen LogP contribution in [0.5, 0.6) is 0 Å². The van der Waals surface area contributed by atoms with Gasteiger partial charge < -0.3 is 19.9 Å². The zero-order valence-electron chi connectivity index (χ0n) is 16.0. The lowest BCUT2D eigenvalue weighted by atomic mass is 9.97. The Morgan fingerprint density at radius 3 is 2.53 bits per heavy atom. The van der Waals surface area contributed by atoms with Crippen LogP contribution in [0.25, 0.3) is 11.2 Å². The number of anilines is 1. The number of hydrogen-bond acceptors (Lipinski definition) is 7. The highest BCUT2D eigenvalue weighted by atomic mass is 19.4. The molecule has 2 saturated heterocycles. The van der Waals surface area contributed by atoms with Crippen LogP contribution < -0.4 is 5.73 Å². The molecule has 8 nitrogen and oxygen atoms in total. The molecule has 4 heterocycles. The number of benzene rings is 1. The molecule has 0 spiro atoms. The number of nitrogen functional groups attached to an aromatic ring is 1. The van der Waals surface area contributed by atoms with E-state index in [4.69, 9.17) is 19.9 Å². The maximum atomic E-state index is 12.9. The van der Waals surface area contributed by atoms with Crippen molar-refractivity contribution in [1.29, 1.82) is 0 Å². The van der Waals surface area contributed by atoms with Gasteiger partial charge in [-0.05, 0) is 26.0 Å². The lowest BCUT2D eigenvalue weighted by molar-refractivity contribution is -0.167. The Morgan fingerprint density at radius 2 is 1.83 bits per heavy atom. The van der Waals surface area contributed by atoms with Gasteiger partial charge in [0, 0.05) is 5.56 Å². The van der Waals surface area contributed by atoms with Crippen molar-refractivity contribution in [2.45, 2.75) is 50.4 Å². The standard InChI is InChI=1S/C19H18F3N5O3/c1-9-13-18(2,17(28-9)27-8-26-12-14(23)24-7-25-15(12)27)30-16(29-13)10-3-5-11(6-4-10)19(20,21)22/h3-9,13,16-17H,1-2H3,(H2,23,24,25)/t9?,13-,16?,17-,18-/m1/s1. The molecule has 2 fully saturated rings. The van der Waals surface area contributed by atoms with E-state index in [1.165, 1.54) is 18.5 Å². The summed E-state index contributed by atoms with van der Waals surface area (Å²) >= 11 is 0. The van der Waals surface area contributed by atoms with E-state index in [0.717, 1.165) is 12.1 Å². The highest BCUT2D eigenvalue weighted by Crippen LogP contribution is 2.52. The van der Waals surface area contributed by atoms with Gasteiger partial charge >= 0.3 is 6.18 Å². The Bertz CT molecular complexity index is 1100. The van der Waals surface area contributed by atoms with Crippen LogP contribution in [0.1, 0.15) is 37.5 Å². The SMILES string of the molecule is CC1O[C@@H](n2cnc3c(N)ncnc32)[C@]2(C)OC(c3ccc(C(F)(F)F)cc3)O[C@H]12. The molecule has 3 aromatic rings. The first-order valence-corrected chi connectivity index (χ1v) is 9.27. The Morgan fingerprint density at radius 1 is 1.10 bits per heavy atom. The summed E-state index contributed by atoms with van der Waals surface area (Å²) in [4.78, 5) is 12.5. The van der Waals surface area contributed by atoms with Crippen molar-refractivity contribution in [2.75, 3.05) is 5.73 Å². The number of nitrogens with zero attached hydrogens (tertiary/aromatic N) is 4. The molecule has 30 heavy (non-hydrogen) atoms. The van der Waals surface area contributed by atoms with Crippen molar-refractivity contribution in [3.63, 3.8) is 0 Å². The zero-order chi connectivity index (χ0) is 21.3. The predicted octanol–water partition coefficient (Wildman–Crippen LogP) is 3.22. The molecule has 0 bridgehead atoms. The van der Waals surface area contributed by atoms with Crippen LogP contribution in [-0.4, -0.2) is 37.3 Å². The van der Waals surface area contributed by atoms with E-state index in [-0.39, 0.29) is 11.9 Å². The second-order valence-electron chi connectivity index (χ2n) is 7.59. The normalized spacial score (nSPS) is 31.4. The molecule has 2 aromatic heterocycles.